The lowest BCUT2D eigenvalue weighted by Crippen LogP contribution is -2.60. The summed E-state index contributed by atoms with van der Waals surface area (Å²) in [7, 11) is 3.02. The van der Waals surface area contributed by atoms with Crippen LogP contribution in [0.1, 0.15) is 27.6 Å². The van der Waals surface area contributed by atoms with Crippen molar-refractivity contribution in [2.24, 2.45) is 0 Å². The molecule has 0 radical (unpaired) electrons. The van der Waals surface area contributed by atoms with Gasteiger partial charge in [-0.15, -0.1) is 0 Å². The lowest BCUT2D eigenvalue weighted by molar-refractivity contribution is -0.277. The molecule has 0 amide bonds. The van der Waals surface area contributed by atoms with Gasteiger partial charge in [0.15, 0.2) is 0 Å². The molecule has 1 fully saturated rings. The number of rotatable bonds is 6. The Kier molecular flexibility index (Phi) is 6.73. The van der Waals surface area contributed by atoms with E-state index in [2.05, 4.69) is 0 Å². The largest absolute Gasteiger partial charge is 0.497 e. The van der Waals surface area contributed by atoms with E-state index in [1.165, 1.54) is 13.2 Å². The minimum atomic E-state index is -1.63. The number of aliphatic hydroxyl groups is 4. The van der Waals surface area contributed by atoms with E-state index < -0.39 is 49.4 Å². The van der Waals surface area contributed by atoms with E-state index in [-0.39, 0.29) is 11.3 Å². The van der Waals surface area contributed by atoms with E-state index in [1.54, 1.807) is 25.3 Å². The molecule has 0 spiro atoms. The highest BCUT2D eigenvalue weighted by Gasteiger charge is 2.45. The third kappa shape index (κ3) is 4.48. The molecule has 2 aromatic carbocycles. The molecule has 6 atom stereocenters. The lowest BCUT2D eigenvalue weighted by Gasteiger charge is -2.40. The Balaban J connectivity index is 1.64. The monoisotopic (exact) mass is 462 g/mol. The normalized spacial score (nSPS) is 29.1. The van der Waals surface area contributed by atoms with Crippen LogP contribution in [0.15, 0.2) is 36.4 Å². The quantitative estimate of drug-likeness (QED) is 0.444. The van der Waals surface area contributed by atoms with Gasteiger partial charge in [-0.3, -0.25) is 0 Å². The van der Waals surface area contributed by atoms with Gasteiger partial charge in [-0.2, -0.15) is 0 Å². The van der Waals surface area contributed by atoms with Crippen molar-refractivity contribution >= 4 is 5.97 Å². The van der Waals surface area contributed by atoms with Gasteiger partial charge in [0, 0.05) is 12.5 Å². The van der Waals surface area contributed by atoms with Crippen molar-refractivity contribution in [1.29, 1.82) is 0 Å². The molecule has 4 rings (SSSR count). The fourth-order valence-electron chi connectivity index (χ4n) is 3.97. The lowest BCUT2D eigenvalue weighted by atomic mass is 9.93. The van der Waals surface area contributed by atoms with Crippen LogP contribution in [0.25, 0.3) is 0 Å². The van der Waals surface area contributed by atoms with E-state index >= 15 is 0 Å². The van der Waals surface area contributed by atoms with Crippen LogP contribution in [-0.4, -0.2) is 77.9 Å². The van der Waals surface area contributed by atoms with Gasteiger partial charge in [-0.05, 0) is 29.3 Å². The number of aliphatic hydroxyl groups excluding tert-OH is 4. The maximum absolute atomic E-state index is 13.0. The van der Waals surface area contributed by atoms with Crippen molar-refractivity contribution in [3.8, 4) is 17.2 Å². The number of benzene rings is 2. The predicted octanol–water partition coefficient (Wildman–Crippen LogP) is 0.337. The van der Waals surface area contributed by atoms with Gasteiger partial charge < -0.3 is 44.1 Å². The first-order chi connectivity index (χ1) is 15.9. The number of fused-ring (bicyclic) bond motifs is 1. The highest BCUT2D eigenvalue weighted by molar-refractivity contribution is 5.95. The molecule has 1 saturated heterocycles. The van der Waals surface area contributed by atoms with Crippen molar-refractivity contribution < 1.29 is 48.9 Å². The van der Waals surface area contributed by atoms with Crippen molar-refractivity contribution in [1.82, 2.24) is 0 Å². The summed E-state index contributed by atoms with van der Waals surface area (Å²) in [6.07, 6.45) is -7.58. The zero-order valence-corrected chi connectivity index (χ0v) is 18.1. The Hall–Kier alpha value is -2.89. The molecule has 2 aliphatic heterocycles. The molecular formula is C23H26O10. The van der Waals surface area contributed by atoms with Gasteiger partial charge in [-0.25, -0.2) is 4.79 Å². The second-order valence-corrected chi connectivity index (χ2v) is 7.85. The predicted molar refractivity (Wildman–Crippen MR) is 112 cm³/mol. The fourth-order valence-corrected chi connectivity index (χ4v) is 3.97. The minimum absolute atomic E-state index is 0.0202. The number of esters is 1. The van der Waals surface area contributed by atoms with Crippen molar-refractivity contribution in [2.75, 3.05) is 20.8 Å². The van der Waals surface area contributed by atoms with Crippen LogP contribution in [0.2, 0.25) is 0 Å². The Morgan fingerprint density at radius 3 is 2.30 bits per heavy atom. The molecule has 178 valence electrons. The molecular weight excluding hydrogens is 436 g/mol. The number of carbonyl (C=O) groups excluding carboxylic acids is 1. The van der Waals surface area contributed by atoms with Crippen LogP contribution in [0.5, 0.6) is 17.2 Å². The third-order valence-electron chi connectivity index (χ3n) is 5.83. The Morgan fingerprint density at radius 2 is 1.67 bits per heavy atom. The van der Waals surface area contributed by atoms with Gasteiger partial charge >= 0.3 is 5.97 Å². The van der Waals surface area contributed by atoms with Gasteiger partial charge in [0.25, 0.3) is 0 Å². The van der Waals surface area contributed by atoms with E-state index in [0.29, 0.717) is 23.5 Å². The Labute approximate surface area is 189 Å². The summed E-state index contributed by atoms with van der Waals surface area (Å²) in [6.45, 7) is -0.605. The van der Waals surface area contributed by atoms with Crippen LogP contribution >= 0.6 is 0 Å². The van der Waals surface area contributed by atoms with Crippen molar-refractivity contribution in [3.05, 3.63) is 53.1 Å². The maximum atomic E-state index is 13.0. The number of ether oxygens (including phenoxy) is 5. The van der Waals surface area contributed by atoms with Gasteiger partial charge in [0.05, 0.1) is 20.8 Å². The summed E-state index contributed by atoms with van der Waals surface area (Å²) in [5.41, 5.74) is 1.53. The van der Waals surface area contributed by atoms with Gasteiger partial charge in [0.2, 0.25) is 6.29 Å². The molecule has 2 heterocycles. The average molecular weight is 462 g/mol. The molecule has 4 N–H and O–H groups in total. The molecule has 10 nitrogen and oxygen atoms in total. The zero-order valence-electron chi connectivity index (χ0n) is 18.1. The summed E-state index contributed by atoms with van der Waals surface area (Å²) in [5, 5.41) is 39.7. The smallest absolute Gasteiger partial charge is 0.342 e. The summed E-state index contributed by atoms with van der Waals surface area (Å²) in [5.74, 6) is 0.459. The molecule has 2 aromatic rings. The van der Waals surface area contributed by atoms with Crippen molar-refractivity contribution in [2.45, 2.75) is 43.2 Å². The topological polar surface area (TPSA) is 144 Å². The summed E-state index contributed by atoms with van der Waals surface area (Å²) < 4.78 is 27.3. The van der Waals surface area contributed by atoms with Crippen LogP contribution in [0.4, 0.5) is 0 Å². The first-order valence-corrected chi connectivity index (χ1v) is 10.4. The molecule has 0 aromatic heterocycles. The SMILES string of the molecule is COc1ccc([C@H]2Cc3cc(OC)cc(O[C@H]4O[C@H](CO)[C@H](O)[C@@H](O)[C@H]4O)c3C(=O)O2)cc1. The number of carbonyl (C=O) groups is 1. The molecule has 0 aliphatic carbocycles. The van der Waals surface area contributed by atoms with Crippen LogP contribution in [-0.2, 0) is 15.9 Å². The van der Waals surface area contributed by atoms with Crippen molar-refractivity contribution in [3.63, 3.8) is 0 Å². The molecule has 10 heteroatoms. The third-order valence-corrected chi connectivity index (χ3v) is 5.83. The van der Waals surface area contributed by atoms with Crippen LogP contribution in [0.3, 0.4) is 0 Å². The first-order valence-electron chi connectivity index (χ1n) is 10.4. The summed E-state index contributed by atoms with van der Waals surface area (Å²) in [4.78, 5) is 13.0. The molecule has 33 heavy (non-hydrogen) atoms. The van der Waals surface area contributed by atoms with Gasteiger partial charge in [0.1, 0.15) is 53.3 Å². The van der Waals surface area contributed by atoms with E-state index in [4.69, 9.17) is 23.7 Å². The maximum Gasteiger partial charge on any atom is 0.342 e. The first kappa shape index (κ1) is 23.3. The van der Waals surface area contributed by atoms with Crippen LogP contribution in [0, 0.1) is 0 Å². The number of hydrogen-bond acceptors (Lipinski definition) is 10. The summed E-state index contributed by atoms with van der Waals surface area (Å²) >= 11 is 0. The minimum Gasteiger partial charge on any atom is -0.497 e. The molecule has 0 bridgehead atoms. The highest BCUT2D eigenvalue weighted by atomic mass is 16.7. The molecule has 0 saturated carbocycles. The Morgan fingerprint density at radius 1 is 0.970 bits per heavy atom. The Bertz CT molecular complexity index is 989. The van der Waals surface area contributed by atoms with E-state index in [1.807, 2.05) is 12.1 Å². The number of methoxy groups -OCH3 is 2. The summed E-state index contributed by atoms with van der Waals surface area (Å²) in [6, 6.07) is 10.3. The zero-order chi connectivity index (χ0) is 23.7. The second-order valence-electron chi connectivity index (χ2n) is 7.85. The second kappa shape index (κ2) is 9.54. The van der Waals surface area contributed by atoms with E-state index in [9.17, 15) is 25.2 Å². The molecule has 2 aliphatic rings. The fraction of sp³-hybridized carbons (Fsp3) is 0.435. The average Bonchev–Trinajstić information content (AvgIpc) is 2.83. The van der Waals surface area contributed by atoms with Crippen LogP contribution < -0.4 is 14.2 Å². The number of hydrogen-bond donors (Lipinski definition) is 4. The highest BCUT2D eigenvalue weighted by Crippen LogP contribution is 2.39. The molecule has 0 unspecified atom stereocenters. The standard InChI is InChI=1S/C23H26O10/c1-29-13-5-3-11(4-6-13)15-8-12-7-14(30-2)9-16(18(12)22(28)31-15)32-23-21(27)20(26)19(25)17(10-24)33-23/h3-7,9,15,17,19-21,23-27H,8,10H2,1-2H3/t15-,17-,19+,20-,21-,23+/m1/s1. The van der Waals surface area contributed by atoms with E-state index in [0.717, 1.165) is 5.56 Å². The van der Waals surface area contributed by atoms with Gasteiger partial charge in [-0.1, -0.05) is 12.1 Å². The number of cyclic esters (lactones) is 1.